The number of anilines is 1. The Morgan fingerprint density at radius 3 is 2.41 bits per heavy atom. The highest BCUT2D eigenvalue weighted by molar-refractivity contribution is 5.87. The third-order valence-corrected chi connectivity index (χ3v) is 8.25. The smallest absolute Gasteiger partial charge is 0.415 e. The number of rotatable bonds is 9. The Hall–Kier alpha value is -3.65. The lowest BCUT2D eigenvalue weighted by molar-refractivity contribution is -0.945. The summed E-state index contributed by atoms with van der Waals surface area (Å²) in [7, 11) is 3.33. The molecular weight excluding hydrogens is 502 g/mol. The fourth-order valence-corrected chi connectivity index (χ4v) is 5.99. The molecule has 3 heterocycles. The first kappa shape index (κ1) is 26.9. The van der Waals surface area contributed by atoms with Crippen LogP contribution in [0.5, 0.6) is 11.5 Å². The Bertz CT molecular complexity index is 1290. The number of hydrogen-bond acceptors (Lipinski definition) is 4. The molecule has 3 fully saturated rings. The van der Waals surface area contributed by atoms with E-state index in [9.17, 15) is 13.6 Å². The van der Waals surface area contributed by atoms with Crippen molar-refractivity contribution in [2.75, 3.05) is 45.3 Å². The van der Waals surface area contributed by atoms with Gasteiger partial charge >= 0.3 is 6.09 Å². The van der Waals surface area contributed by atoms with Gasteiger partial charge in [0.05, 0.1) is 46.1 Å². The predicted molar refractivity (Wildman–Crippen MR) is 145 cm³/mol. The molecule has 3 saturated heterocycles. The van der Waals surface area contributed by atoms with E-state index in [4.69, 9.17) is 14.2 Å². The van der Waals surface area contributed by atoms with E-state index < -0.39 is 11.9 Å². The third kappa shape index (κ3) is 6.01. The quantitative estimate of drug-likeness (QED) is 0.315. The van der Waals surface area contributed by atoms with Crippen LogP contribution in [-0.2, 0) is 17.7 Å². The van der Waals surface area contributed by atoms with Gasteiger partial charge in [0.25, 0.3) is 0 Å². The molecule has 6 nitrogen and oxygen atoms in total. The summed E-state index contributed by atoms with van der Waals surface area (Å²) in [5.41, 5.74) is 1.92. The number of piperidine rings is 3. The van der Waals surface area contributed by atoms with E-state index in [0.717, 1.165) is 67.0 Å². The Morgan fingerprint density at radius 1 is 0.974 bits per heavy atom. The maximum absolute atomic E-state index is 14.8. The number of carbonyl (C=O) groups excluding carboxylic acids is 1. The first-order valence-electron chi connectivity index (χ1n) is 13.4. The monoisotopic (exact) mass is 537 g/mol. The average Bonchev–Trinajstić information content (AvgIpc) is 2.96. The standard InChI is InChI=1S/C31H35F2N2O4/c1-37-26-11-12-29(38-2)24(19-26)15-18-35-16-13-23(14-17-35)30(21-35)39-31(36)34(28-6-4-3-5-27(28)33)20-22-7-9-25(32)10-8-22/h3-12,19,23,30H,13-18,20-21H2,1-2H3/q+1/t23?,30-,35?/m0/s1. The lowest BCUT2D eigenvalue weighted by Crippen LogP contribution is -2.65. The van der Waals surface area contributed by atoms with Gasteiger partial charge in [-0.15, -0.1) is 0 Å². The fraction of sp³-hybridized carbons (Fsp3) is 0.387. The fourth-order valence-electron chi connectivity index (χ4n) is 5.99. The zero-order valence-electron chi connectivity index (χ0n) is 22.4. The Balaban J connectivity index is 1.31. The highest BCUT2D eigenvalue weighted by atomic mass is 19.1. The van der Waals surface area contributed by atoms with Gasteiger partial charge in [-0.2, -0.15) is 0 Å². The van der Waals surface area contributed by atoms with E-state index in [2.05, 4.69) is 0 Å². The van der Waals surface area contributed by atoms with Gasteiger partial charge in [-0.1, -0.05) is 24.3 Å². The van der Waals surface area contributed by atoms with Crippen LogP contribution in [0.4, 0.5) is 19.3 Å². The van der Waals surface area contributed by atoms with Crippen molar-refractivity contribution in [2.45, 2.75) is 31.9 Å². The van der Waals surface area contributed by atoms with Crippen molar-refractivity contribution >= 4 is 11.8 Å². The molecule has 0 unspecified atom stereocenters. The van der Waals surface area contributed by atoms with Gasteiger partial charge in [0.15, 0.2) is 6.10 Å². The van der Waals surface area contributed by atoms with Crippen LogP contribution < -0.4 is 14.4 Å². The van der Waals surface area contributed by atoms with Gasteiger partial charge < -0.3 is 18.7 Å². The van der Waals surface area contributed by atoms with Crippen molar-refractivity contribution in [3.63, 3.8) is 0 Å². The minimum Gasteiger partial charge on any atom is -0.497 e. The van der Waals surface area contributed by atoms with Crippen LogP contribution in [0.25, 0.3) is 0 Å². The van der Waals surface area contributed by atoms with Crippen LogP contribution >= 0.6 is 0 Å². The lowest BCUT2D eigenvalue weighted by Gasteiger charge is -2.52. The Kier molecular flexibility index (Phi) is 8.02. The molecule has 206 valence electrons. The van der Waals surface area contributed by atoms with E-state index in [1.807, 2.05) is 18.2 Å². The highest BCUT2D eigenvalue weighted by Crippen LogP contribution is 2.37. The van der Waals surface area contributed by atoms with Gasteiger partial charge in [-0.05, 0) is 48.0 Å². The van der Waals surface area contributed by atoms with Gasteiger partial charge in [-0.3, -0.25) is 4.90 Å². The van der Waals surface area contributed by atoms with Crippen LogP contribution in [0.15, 0.2) is 66.7 Å². The van der Waals surface area contributed by atoms with Gasteiger partial charge in [-0.25, -0.2) is 13.6 Å². The van der Waals surface area contributed by atoms with Gasteiger partial charge in [0, 0.05) is 30.7 Å². The molecule has 0 aromatic heterocycles. The molecule has 1 amide bonds. The van der Waals surface area contributed by atoms with Crippen LogP contribution in [0.3, 0.4) is 0 Å². The summed E-state index contributed by atoms with van der Waals surface area (Å²) in [6.07, 6.45) is 1.93. The Morgan fingerprint density at radius 2 is 1.72 bits per heavy atom. The molecule has 1 atom stereocenters. The second-order valence-corrected chi connectivity index (χ2v) is 10.5. The first-order valence-corrected chi connectivity index (χ1v) is 13.4. The number of quaternary nitrogens is 1. The zero-order chi connectivity index (χ0) is 27.4. The minimum absolute atomic E-state index is 0.0765. The van der Waals surface area contributed by atoms with Gasteiger partial charge in [0.2, 0.25) is 0 Å². The highest BCUT2D eigenvalue weighted by Gasteiger charge is 2.48. The zero-order valence-corrected chi connectivity index (χ0v) is 22.4. The summed E-state index contributed by atoms with van der Waals surface area (Å²) in [6.45, 7) is 3.78. The van der Waals surface area contributed by atoms with E-state index >= 15 is 0 Å². The van der Waals surface area contributed by atoms with E-state index in [1.165, 1.54) is 23.1 Å². The molecule has 0 radical (unpaired) electrons. The lowest BCUT2D eigenvalue weighted by atomic mass is 9.83. The molecule has 3 aliphatic heterocycles. The normalized spacial score (nSPS) is 21.8. The SMILES string of the molecule is COc1ccc(OC)c(CC[N+]23CCC(CC2)[C@@H](OC(=O)N(Cc2ccc(F)cc2)c2ccccc2F)C3)c1. The van der Waals surface area contributed by atoms with E-state index in [-0.39, 0.29) is 30.1 Å². The largest absolute Gasteiger partial charge is 0.497 e. The van der Waals surface area contributed by atoms with Crippen LogP contribution in [0.1, 0.15) is 24.0 Å². The molecule has 0 spiro atoms. The summed E-state index contributed by atoms with van der Waals surface area (Å²) in [6, 6.07) is 17.8. The summed E-state index contributed by atoms with van der Waals surface area (Å²) < 4.78 is 46.3. The summed E-state index contributed by atoms with van der Waals surface area (Å²) in [4.78, 5) is 14.9. The molecule has 3 aliphatic rings. The number of nitrogens with zero attached hydrogens (tertiary/aromatic N) is 2. The molecular formula is C31H35F2N2O4+. The molecule has 6 rings (SSSR count). The maximum Gasteiger partial charge on any atom is 0.415 e. The average molecular weight is 538 g/mol. The Labute approximate surface area is 228 Å². The molecule has 0 aliphatic carbocycles. The molecule has 0 saturated carbocycles. The molecule has 2 bridgehead atoms. The second-order valence-electron chi connectivity index (χ2n) is 10.5. The van der Waals surface area contributed by atoms with E-state index in [0.29, 0.717) is 5.56 Å². The van der Waals surface area contributed by atoms with Crippen LogP contribution in [0.2, 0.25) is 0 Å². The maximum atomic E-state index is 14.8. The number of halogens is 2. The molecule has 0 N–H and O–H groups in total. The second kappa shape index (κ2) is 11.6. The van der Waals surface area contributed by atoms with Crippen molar-refractivity contribution in [3.8, 4) is 11.5 Å². The van der Waals surface area contributed by atoms with Crippen LogP contribution in [-0.4, -0.2) is 57.1 Å². The number of methoxy groups -OCH3 is 2. The predicted octanol–water partition coefficient (Wildman–Crippen LogP) is 5.98. The summed E-state index contributed by atoms with van der Waals surface area (Å²) in [5.74, 6) is 1.04. The first-order chi connectivity index (χ1) is 18.9. The molecule has 8 heteroatoms. The van der Waals surface area contributed by atoms with Crippen molar-refractivity contribution in [1.82, 2.24) is 0 Å². The number of amides is 1. The van der Waals surface area contributed by atoms with Crippen molar-refractivity contribution in [2.24, 2.45) is 5.92 Å². The van der Waals surface area contributed by atoms with E-state index in [1.54, 1.807) is 44.6 Å². The topological polar surface area (TPSA) is 48.0 Å². The van der Waals surface area contributed by atoms with Crippen LogP contribution in [0, 0.1) is 17.6 Å². The number of ether oxygens (including phenoxy) is 3. The summed E-state index contributed by atoms with van der Waals surface area (Å²) in [5, 5.41) is 0. The number of fused-ring (bicyclic) bond motifs is 3. The van der Waals surface area contributed by atoms with Crippen molar-refractivity contribution < 1.29 is 32.3 Å². The summed E-state index contributed by atoms with van der Waals surface area (Å²) >= 11 is 0. The molecule has 39 heavy (non-hydrogen) atoms. The van der Waals surface area contributed by atoms with Crippen molar-refractivity contribution in [3.05, 3.63) is 89.5 Å². The number of para-hydroxylation sites is 1. The number of benzene rings is 3. The van der Waals surface area contributed by atoms with Gasteiger partial charge in [0.1, 0.15) is 29.7 Å². The third-order valence-electron chi connectivity index (χ3n) is 8.25. The molecule has 3 aromatic carbocycles. The number of carbonyl (C=O) groups is 1. The number of hydrogen-bond donors (Lipinski definition) is 0. The molecule has 3 aromatic rings. The van der Waals surface area contributed by atoms with Crippen molar-refractivity contribution in [1.29, 1.82) is 0 Å². The minimum atomic E-state index is -0.587.